The van der Waals surface area contributed by atoms with Crippen molar-refractivity contribution in [3.05, 3.63) is 82.9 Å². The van der Waals surface area contributed by atoms with E-state index in [0.717, 1.165) is 6.92 Å². The van der Waals surface area contributed by atoms with Crippen LogP contribution in [-0.4, -0.2) is 105 Å². The number of ketones is 2. The lowest BCUT2D eigenvalue weighted by Crippen LogP contribution is -2.81. The number of esters is 3. The zero-order valence-corrected chi connectivity index (χ0v) is 33.8. The summed E-state index contributed by atoms with van der Waals surface area (Å²) in [6.45, 7) is 11.5. The molecule has 0 spiro atoms. The monoisotopic (exact) mass is 805 g/mol. The molecule has 15 heteroatoms. The van der Waals surface area contributed by atoms with Gasteiger partial charge in [0.1, 0.15) is 41.4 Å². The van der Waals surface area contributed by atoms with Crippen LogP contribution in [0.2, 0.25) is 0 Å². The van der Waals surface area contributed by atoms with Gasteiger partial charge in [-0.25, -0.2) is 14.4 Å². The van der Waals surface area contributed by atoms with Crippen molar-refractivity contribution in [1.82, 2.24) is 5.32 Å². The van der Waals surface area contributed by atoms with Crippen molar-refractivity contribution in [2.24, 2.45) is 16.7 Å². The van der Waals surface area contributed by atoms with Gasteiger partial charge in [0, 0.05) is 25.2 Å². The maximum atomic E-state index is 14.9. The predicted molar refractivity (Wildman–Crippen MR) is 203 cm³/mol. The average Bonchev–Trinajstić information content (AvgIpc) is 3.14. The third kappa shape index (κ3) is 7.01. The van der Waals surface area contributed by atoms with Gasteiger partial charge in [-0.2, -0.15) is 0 Å². The third-order valence-corrected chi connectivity index (χ3v) is 12.3. The normalized spacial score (nSPS) is 32.4. The summed E-state index contributed by atoms with van der Waals surface area (Å²) in [7, 11) is 0. The van der Waals surface area contributed by atoms with Crippen LogP contribution in [0.25, 0.3) is 0 Å². The maximum absolute atomic E-state index is 14.9. The molecule has 0 aromatic heterocycles. The Kier molecular flexibility index (Phi) is 11.0. The minimum absolute atomic E-state index is 0.0578. The first-order chi connectivity index (χ1) is 27.0. The summed E-state index contributed by atoms with van der Waals surface area (Å²) in [6.07, 6.45) is -10.4. The quantitative estimate of drug-likeness (QED) is 0.130. The van der Waals surface area contributed by atoms with E-state index in [-0.39, 0.29) is 29.7 Å². The van der Waals surface area contributed by atoms with Crippen molar-refractivity contribution in [1.29, 1.82) is 0 Å². The van der Waals surface area contributed by atoms with E-state index in [1.165, 1.54) is 39.8 Å². The van der Waals surface area contributed by atoms with Crippen LogP contribution in [0.1, 0.15) is 90.2 Å². The van der Waals surface area contributed by atoms with Crippen LogP contribution in [-0.2, 0) is 42.9 Å². The highest BCUT2D eigenvalue weighted by atomic mass is 16.6. The van der Waals surface area contributed by atoms with E-state index in [1.807, 2.05) is 0 Å². The van der Waals surface area contributed by atoms with Crippen molar-refractivity contribution < 1.29 is 67.8 Å². The fourth-order valence-electron chi connectivity index (χ4n) is 9.35. The molecule has 2 aromatic rings. The molecule has 2 aromatic carbocycles. The molecule has 1 saturated heterocycles. The van der Waals surface area contributed by atoms with Crippen LogP contribution in [0.15, 0.2) is 71.8 Å². The van der Waals surface area contributed by atoms with Gasteiger partial charge in [0.25, 0.3) is 0 Å². The number of aliphatic hydroxyl groups is 3. The third-order valence-electron chi connectivity index (χ3n) is 12.3. The molecule has 4 N–H and O–H groups in total. The molecule has 1 amide bonds. The molecule has 3 aliphatic carbocycles. The van der Waals surface area contributed by atoms with E-state index in [1.54, 1.807) is 69.3 Å². The fraction of sp³-hybridized carbons (Fsp3) is 0.535. The molecule has 1 heterocycles. The second-order valence-corrected chi connectivity index (χ2v) is 17.4. The Balaban J connectivity index is 1.49. The van der Waals surface area contributed by atoms with Gasteiger partial charge in [-0.15, -0.1) is 0 Å². The van der Waals surface area contributed by atoms with Gasteiger partial charge in [-0.3, -0.25) is 14.4 Å². The first-order valence-corrected chi connectivity index (χ1v) is 19.2. The average molecular weight is 806 g/mol. The minimum atomic E-state index is -2.39. The zero-order valence-electron chi connectivity index (χ0n) is 33.8. The molecule has 1 unspecified atom stereocenters. The van der Waals surface area contributed by atoms with E-state index in [9.17, 15) is 44.1 Å². The van der Waals surface area contributed by atoms with Crippen LogP contribution < -0.4 is 5.32 Å². The van der Waals surface area contributed by atoms with Crippen molar-refractivity contribution in [2.45, 2.75) is 122 Å². The molecule has 10 atom stereocenters. The molecule has 4 aliphatic rings. The van der Waals surface area contributed by atoms with Crippen LogP contribution >= 0.6 is 0 Å². The lowest BCUT2D eigenvalue weighted by atomic mass is 9.45. The number of rotatable bonds is 8. The number of Topliss-reactive ketones (excluding diaryl/α,β-unsaturated/α-hetero) is 2. The molecule has 2 saturated carbocycles. The van der Waals surface area contributed by atoms with Gasteiger partial charge in [-0.05, 0) is 63.5 Å². The van der Waals surface area contributed by atoms with Crippen molar-refractivity contribution in [2.75, 3.05) is 6.61 Å². The number of carbonyl (C=O) groups is 6. The standard InChI is InChI=1S/C43H51NO14/c1-22-26(55-37(51)32(48)30(24-15-11-9-12-16-24)44-38(52)58-39(3,4)5)20-43(53)35(56-36(50)25-17-13-10-14-18-25)33-41(8,34(49)31(47)29(22)40(43,6)7)27(46)19-28-42(33,21-54-28)57-23(2)45/h9-18,26,28,30-33,35,47-48,53H,19-21H2,1-8H3,(H,44,52)/t26-,28?,30-,31+,32+,33-,35-,41+,42-,43+/m0/s1. The minimum Gasteiger partial charge on any atom is -0.456 e. The van der Waals surface area contributed by atoms with Crippen molar-refractivity contribution in [3.63, 3.8) is 0 Å². The molecule has 312 valence electrons. The van der Waals surface area contributed by atoms with E-state index in [4.69, 9.17) is 23.7 Å². The van der Waals surface area contributed by atoms with Crippen LogP contribution in [0.3, 0.4) is 0 Å². The lowest BCUT2D eigenvalue weighted by Gasteiger charge is -2.65. The molecular weight excluding hydrogens is 754 g/mol. The molecule has 1 aliphatic heterocycles. The Morgan fingerprint density at radius 2 is 1.55 bits per heavy atom. The van der Waals surface area contributed by atoms with Crippen molar-refractivity contribution >= 4 is 35.6 Å². The van der Waals surface area contributed by atoms with Gasteiger partial charge >= 0.3 is 24.0 Å². The highest BCUT2D eigenvalue weighted by molar-refractivity contribution is 6.11. The molecule has 2 bridgehead atoms. The number of amides is 1. The topological polar surface area (TPSA) is 221 Å². The number of benzene rings is 2. The van der Waals surface area contributed by atoms with Crippen LogP contribution in [0.5, 0.6) is 0 Å². The number of hydrogen-bond donors (Lipinski definition) is 4. The first kappa shape index (κ1) is 42.6. The number of fused-ring (bicyclic) bond motifs is 5. The largest absolute Gasteiger partial charge is 0.456 e. The summed E-state index contributed by atoms with van der Waals surface area (Å²) < 4.78 is 29.3. The van der Waals surface area contributed by atoms with E-state index in [2.05, 4.69) is 5.32 Å². The molecule has 3 fully saturated rings. The van der Waals surface area contributed by atoms with E-state index in [0.29, 0.717) is 5.56 Å². The Hall–Kier alpha value is -4.96. The summed E-state index contributed by atoms with van der Waals surface area (Å²) in [4.78, 5) is 83.0. The highest BCUT2D eigenvalue weighted by Crippen LogP contribution is 2.63. The molecule has 15 nitrogen and oxygen atoms in total. The van der Waals surface area contributed by atoms with E-state index < -0.39 is 112 Å². The van der Waals surface area contributed by atoms with Gasteiger partial charge in [-0.1, -0.05) is 62.4 Å². The van der Waals surface area contributed by atoms with Gasteiger partial charge in [0.15, 0.2) is 17.5 Å². The number of alkyl carbamates (subject to hydrolysis) is 1. The van der Waals surface area contributed by atoms with Gasteiger partial charge < -0.3 is 44.3 Å². The number of nitrogens with one attached hydrogen (secondary N) is 1. The SMILES string of the molecule is CC(=O)O[C@@]12COC1CC(=O)[C@@]1(C)C(=O)[C@H](O)C3=C(C)[C@@H](OC(=O)[C@H](O)[C@@H](NC(=O)OC(C)(C)C)c4ccccc4)C[C@@](O)([C@@H](OC(=O)c4ccccc4)[C@@H]12)C3(C)C. The Morgan fingerprint density at radius 1 is 0.948 bits per heavy atom. The molecule has 58 heavy (non-hydrogen) atoms. The van der Waals surface area contributed by atoms with Crippen molar-refractivity contribution in [3.8, 4) is 0 Å². The van der Waals surface area contributed by atoms with Gasteiger partial charge in [0.2, 0.25) is 0 Å². The number of hydrogen-bond acceptors (Lipinski definition) is 14. The highest BCUT2D eigenvalue weighted by Gasteiger charge is 2.78. The van der Waals surface area contributed by atoms with Crippen LogP contribution in [0, 0.1) is 16.7 Å². The fourth-order valence-corrected chi connectivity index (χ4v) is 9.35. The molecule has 0 radical (unpaired) electrons. The molecule has 6 rings (SSSR count). The summed E-state index contributed by atoms with van der Waals surface area (Å²) >= 11 is 0. The van der Waals surface area contributed by atoms with Gasteiger partial charge in [0.05, 0.1) is 29.5 Å². The van der Waals surface area contributed by atoms with Crippen LogP contribution in [0.4, 0.5) is 4.79 Å². The first-order valence-electron chi connectivity index (χ1n) is 19.2. The number of ether oxygens (including phenoxy) is 5. The maximum Gasteiger partial charge on any atom is 0.408 e. The Bertz CT molecular complexity index is 2020. The zero-order chi connectivity index (χ0) is 42.7. The Morgan fingerprint density at radius 3 is 2.10 bits per heavy atom. The summed E-state index contributed by atoms with van der Waals surface area (Å²) in [5.41, 5.74) is -8.57. The second-order valence-electron chi connectivity index (χ2n) is 17.4. The summed E-state index contributed by atoms with van der Waals surface area (Å²) in [5, 5.41) is 39.6. The summed E-state index contributed by atoms with van der Waals surface area (Å²) in [6, 6.07) is 14.5. The lowest BCUT2D eigenvalue weighted by molar-refractivity contribution is -0.322. The number of aliphatic hydroxyl groups excluding tert-OH is 2. The second kappa shape index (κ2) is 15.0. The number of carbonyl (C=O) groups excluding carboxylic acids is 6. The predicted octanol–water partition coefficient (Wildman–Crippen LogP) is 3.47. The Labute approximate surface area is 336 Å². The molecular formula is C43H51NO14. The van der Waals surface area contributed by atoms with E-state index >= 15 is 0 Å². The smallest absolute Gasteiger partial charge is 0.408 e. The summed E-state index contributed by atoms with van der Waals surface area (Å²) in [5.74, 6) is -6.33.